The van der Waals surface area contributed by atoms with E-state index in [1.807, 2.05) is 18.7 Å². The first-order valence-corrected chi connectivity index (χ1v) is 9.55. The van der Waals surface area contributed by atoms with Gasteiger partial charge in [-0.2, -0.15) is 11.8 Å². The lowest BCUT2D eigenvalue weighted by Crippen LogP contribution is -2.31. The van der Waals surface area contributed by atoms with Gasteiger partial charge in [0.15, 0.2) is 5.78 Å². The number of nitrogens with zero attached hydrogens (tertiary/aromatic N) is 1. The molecular weight excluding hydrogens is 334 g/mol. The van der Waals surface area contributed by atoms with E-state index in [1.165, 1.54) is 5.54 Å². The fraction of sp³-hybridized carbons (Fsp3) is 0.647. The molecule has 0 saturated carbocycles. The molecule has 1 rings (SSSR count). The Bertz CT molecular complexity index is 488. The Morgan fingerprint density at radius 2 is 2.26 bits per heavy atom. The Kier molecular flexibility index (Phi) is 9.41. The zero-order valence-corrected chi connectivity index (χ0v) is 15.6. The van der Waals surface area contributed by atoms with Crippen LogP contribution in [0.5, 0.6) is 0 Å². The second-order valence-electron chi connectivity index (χ2n) is 5.54. The standard InChI is InChI=1S/C17H26ClNO3S/c1-4-7-14-15(20)11-13(10-12(3)23-5-2)16(17(14)21)19-22-9-6-8-18/h6,8,12-13,21H,4-5,7,9-11H2,1-3H3. The van der Waals surface area contributed by atoms with Crippen molar-refractivity contribution in [3.05, 3.63) is 22.9 Å². The van der Waals surface area contributed by atoms with E-state index in [1.54, 1.807) is 6.08 Å². The lowest BCUT2D eigenvalue weighted by Gasteiger charge is -2.26. The van der Waals surface area contributed by atoms with Crippen molar-refractivity contribution in [1.82, 2.24) is 0 Å². The average Bonchev–Trinajstić information content (AvgIpc) is 2.50. The molecule has 0 saturated heterocycles. The van der Waals surface area contributed by atoms with Crippen LogP contribution >= 0.6 is 23.4 Å². The van der Waals surface area contributed by atoms with Gasteiger partial charge in [0.2, 0.25) is 0 Å². The van der Waals surface area contributed by atoms with Crippen LogP contribution in [0.3, 0.4) is 0 Å². The summed E-state index contributed by atoms with van der Waals surface area (Å²) in [4.78, 5) is 17.5. The number of aliphatic hydroxyl groups excluding tert-OH is 1. The highest BCUT2D eigenvalue weighted by Crippen LogP contribution is 2.31. The monoisotopic (exact) mass is 359 g/mol. The maximum Gasteiger partial charge on any atom is 0.163 e. The molecule has 0 radical (unpaired) electrons. The van der Waals surface area contributed by atoms with Crippen LogP contribution in [0.1, 0.15) is 46.5 Å². The van der Waals surface area contributed by atoms with Gasteiger partial charge < -0.3 is 9.94 Å². The van der Waals surface area contributed by atoms with Crippen molar-refractivity contribution in [1.29, 1.82) is 0 Å². The normalized spacial score (nSPS) is 22.2. The molecule has 23 heavy (non-hydrogen) atoms. The minimum atomic E-state index is -0.0999. The molecule has 0 spiro atoms. The topological polar surface area (TPSA) is 58.9 Å². The lowest BCUT2D eigenvalue weighted by molar-refractivity contribution is -0.116. The van der Waals surface area contributed by atoms with Gasteiger partial charge in [-0.15, -0.1) is 0 Å². The molecule has 0 bridgehead atoms. The molecule has 4 nitrogen and oxygen atoms in total. The summed E-state index contributed by atoms with van der Waals surface area (Å²) >= 11 is 7.29. The number of hydrogen-bond donors (Lipinski definition) is 1. The van der Waals surface area contributed by atoms with Crippen molar-refractivity contribution < 1.29 is 14.7 Å². The maximum atomic E-state index is 12.3. The molecule has 0 fully saturated rings. The first-order chi connectivity index (χ1) is 11.0. The molecule has 0 heterocycles. The molecule has 2 unspecified atom stereocenters. The van der Waals surface area contributed by atoms with E-state index >= 15 is 0 Å². The van der Waals surface area contributed by atoms with Crippen molar-refractivity contribution in [3.63, 3.8) is 0 Å². The fourth-order valence-corrected chi connectivity index (χ4v) is 3.69. The van der Waals surface area contributed by atoms with Gasteiger partial charge in [0.25, 0.3) is 0 Å². The number of halogens is 1. The van der Waals surface area contributed by atoms with E-state index in [4.69, 9.17) is 16.4 Å². The van der Waals surface area contributed by atoms with Gasteiger partial charge in [0, 0.05) is 28.7 Å². The number of rotatable bonds is 9. The van der Waals surface area contributed by atoms with Crippen molar-refractivity contribution in [2.24, 2.45) is 11.1 Å². The van der Waals surface area contributed by atoms with Crippen LogP contribution in [-0.2, 0) is 9.63 Å². The average molecular weight is 360 g/mol. The number of allylic oxidation sites excluding steroid dienone is 2. The second kappa shape index (κ2) is 10.8. The summed E-state index contributed by atoms with van der Waals surface area (Å²) in [6.07, 6.45) is 4.18. The zero-order valence-electron chi connectivity index (χ0n) is 14.0. The molecule has 0 aliphatic heterocycles. The number of carbonyl (C=O) groups excluding carboxylic acids is 1. The Morgan fingerprint density at radius 3 is 2.87 bits per heavy atom. The lowest BCUT2D eigenvalue weighted by atomic mass is 9.81. The second-order valence-corrected chi connectivity index (χ2v) is 7.50. The minimum absolute atomic E-state index is 0.0108. The fourth-order valence-electron chi connectivity index (χ4n) is 2.68. The van der Waals surface area contributed by atoms with Gasteiger partial charge in [-0.05, 0) is 24.7 Å². The third-order valence-corrected chi connectivity index (χ3v) is 4.95. The Balaban J connectivity index is 3.00. The molecule has 1 aliphatic carbocycles. The van der Waals surface area contributed by atoms with Crippen LogP contribution in [0.4, 0.5) is 0 Å². The molecule has 1 N–H and O–H groups in total. The SMILES string of the molecule is CCCC1=C(O)C(=NOCC=CCl)C(CC(C)SCC)CC1=O. The highest BCUT2D eigenvalue weighted by Gasteiger charge is 2.34. The number of ketones is 1. The van der Waals surface area contributed by atoms with Gasteiger partial charge >= 0.3 is 0 Å². The van der Waals surface area contributed by atoms with Crippen LogP contribution < -0.4 is 0 Å². The van der Waals surface area contributed by atoms with E-state index in [0.717, 1.165) is 18.6 Å². The van der Waals surface area contributed by atoms with Crippen LogP contribution in [-0.4, -0.2) is 34.2 Å². The summed E-state index contributed by atoms with van der Waals surface area (Å²) in [5.41, 5.74) is 2.34. The third kappa shape index (κ3) is 6.22. The quantitative estimate of drug-likeness (QED) is 0.472. The summed E-state index contributed by atoms with van der Waals surface area (Å²) in [6.45, 7) is 6.47. The molecule has 0 amide bonds. The van der Waals surface area contributed by atoms with Gasteiger partial charge in [-0.3, -0.25) is 4.79 Å². The predicted molar refractivity (Wildman–Crippen MR) is 98.3 cm³/mol. The Labute approximate surface area is 148 Å². The molecule has 1 aliphatic rings. The maximum absolute atomic E-state index is 12.3. The molecule has 2 atom stereocenters. The number of oxime groups is 1. The molecular formula is C17H26ClNO3S. The van der Waals surface area contributed by atoms with E-state index in [9.17, 15) is 9.90 Å². The van der Waals surface area contributed by atoms with Crippen LogP contribution in [0.15, 0.2) is 28.1 Å². The number of carbonyl (C=O) groups is 1. The van der Waals surface area contributed by atoms with Crippen molar-refractivity contribution in [2.45, 2.75) is 51.7 Å². The third-order valence-electron chi connectivity index (χ3n) is 3.67. The highest BCUT2D eigenvalue weighted by atomic mass is 35.5. The first-order valence-electron chi connectivity index (χ1n) is 8.07. The smallest absolute Gasteiger partial charge is 0.163 e. The Morgan fingerprint density at radius 1 is 1.52 bits per heavy atom. The number of hydrogen-bond acceptors (Lipinski definition) is 5. The highest BCUT2D eigenvalue weighted by molar-refractivity contribution is 7.99. The van der Waals surface area contributed by atoms with E-state index in [-0.39, 0.29) is 24.1 Å². The molecule has 130 valence electrons. The van der Waals surface area contributed by atoms with Crippen molar-refractivity contribution >= 4 is 34.9 Å². The minimum Gasteiger partial charge on any atom is -0.505 e. The predicted octanol–water partition coefficient (Wildman–Crippen LogP) is 4.84. The molecule has 0 aromatic heterocycles. The summed E-state index contributed by atoms with van der Waals surface area (Å²) in [6, 6.07) is 0. The molecule has 0 aromatic carbocycles. The van der Waals surface area contributed by atoms with E-state index in [2.05, 4.69) is 19.0 Å². The Hall–Kier alpha value is -0.940. The van der Waals surface area contributed by atoms with Gasteiger partial charge in [-0.25, -0.2) is 0 Å². The van der Waals surface area contributed by atoms with Gasteiger partial charge in [0.05, 0.1) is 0 Å². The van der Waals surface area contributed by atoms with Crippen molar-refractivity contribution in [2.75, 3.05) is 12.4 Å². The van der Waals surface area contributed by atoms with Crippen LogP contribution in [0.2, 0.25) is 0 Å². The van der Waals surface area contributed by atoms with E-state index in [0.29, 0.717) is 29.4 Å². The number of aliphatic hydroxyl groups is 1. The summed E-state index contributed by atoms with van der Waals surface area (Å²) in [5.74, 6) is 0.963. The van der Waals surface area contributed by atoms with Crippen LogP contribution in [0.25, 0.3) is 0 Å². The largest absolute Gasteiger partial charge is 0.505 e. The van der Waals surface area contributed by atoms with E-state index < -0.39 is 0 Å². The molecule has 0 aromatic rings. The zero-order chi connectivity index (χ0) is 17.2. The number of thioether (sulfide) groups is 1. The van der Waals surface area contributed by atoms with Crippen molar-refractivity contribution in [3.8, 4) is 0 Å². The molecule has 6 heteroatoms. The first kappa shape index (κ1) is 20.1. The summed E-state index contributed by atoms with van der Waals surface area (Å²) in [5, 5.41) is 15.0. The van der Waals surface area contributed by atoms with Gasteiger partial charge in [-0.1, -0.05) is 43.9 Å². The van der Waals surface area contributed by atoms with Gasteiger partial charge in [0.1, 0.15) is 18.1 Å². The van der Waals surface area contributed by atoms with Crippen LogP contribution in [0, 0.1) is 5.92 Å². The summed E-state index contributed by atoms with van der Waals surface area (Å²) in [7, 11) is 0. The summed E-state index contributed by atoms with van der Waals surface area (Å²) < 4.78 is 0. The number of Topliss-reactive ketones (excluding diaryl/α,β-unsaturated/α-hetero) is 1.